The monoisotopic (exact) mass is 172 g/mol. The molecule has 0 aromatic carbocycles. The minimum atomic E-state index is 0.271. The van der Waals surface area contributed by atoms with Crippen LogP contribution >= 0.6 is 0 Å². The summed E-state index contributed by atoms with van der Waals surface area (Å²) in [6.45, 7) is 0.371. The lowest BCUT2D eigenvalue weighted by Crippen LogP contribution is -2.22. The van der Waals surface area contributed by atoms with Gasteiger partial charge in [0.1, 0.15) is 13.1 Å². The van der Waals surface area contributed by atoms with Crippen molar-refractivity contribution >= 4 is 6.29 Å². The predicted molar refractivity (Wildman–Crippen MR) is 44.8 cm³/mol. The van der Waals surface area contributed by atoms with Crippen LogP contribution in [0.25, 0.3) is 0 Å². The Bertz CT molecular complexity index is 128. The lowest BCUT2D eigenvalue weighted by Gasteiger charge is -2.24. The van der Waals surface area contributed by atoms with E-state index in [2.05, 4.69) is 0 Å². The van der Waals surface area contributed by atoms with Crippen molar-refractivity contribution in [2.45, 2.75) is 31.8 Å². The molecule has 1 aliphatic rings. The van der Waals surface area contributed by atoms with Gasteiger partial charge in [-0.1, -0.05) is 0 Å². The summed E-state index contributed by atoms with van der Waals surface area (Å²) in [5.74, 6) is 0.271. The van der Waals surface area contributed by atoms with Gasteiger partial charge in [-0.25, -0.2) is 0 Å². The van der Waals surface area contributed by atoms with E-state index in [0.29, 0.717) is 12.9 Å². The van der Waals surface area contributed by atoms with Gasteiger partial charge in [-0.15, -0.1) is 0 Å². The number of methoxy groups -OCH3 is 1. The molecular weight excluding hydrogens is 156 g/mol. The molecule has 0 aromatic heterocycles. The quantitative estimate of drug-likeness (QED) is 0.474. The van der Waals surface area contributed by atoms with Crippen molar-refractivity contribution in [3.05, 3.63) is 0 Å². The topological polar surface area (TPSA) is 35.5 Å². The van der Waals surface area contributed by atoms with Crippen LogP contribution in [0.3, 0.4) is 0 Å². The standard InChI is InChI=1S/C9H16O3/c1-11-7-12-9-4-2-8(6-10)3-5-9/h6,8-9H,2-5,7H2,1H3. The summed E-state index contributed by atoms with van der Waals surface area (Å²) in [6, 6.07) is 0. The Morgan fingerprint density at radius 3 is 2.50 bits per heavy atom. The van der Waals surface area contributed by atoms with Crippen molar-refractivity contribution in [2.24, 2.45) is 5.92 Å². The third-order valence-electron chi connectivity index (χ3n) is 2.33. The highest BCUT2D eigenvalue weighted by molar-refractivity contribution is 5.53. The Morgan fingerprint density at radius 2 is 2.00 bits per heavy atom. The molecule has 1 saturated carbocycles. The summed E-state index contributed by atoms with van der Waals surface area (Å²) in [5.41, 5.74) is 0. The highest BCUT2D eigenvalue weighted by Gasteiger charge is 2.20. The van der Waals surface area contributed by atoms with E-state index >= 15 is 0 Å². The minimum absolute atomic E-state index is 0.271. The normalized spacial score (nSPS) is 30.1. The van der Waals surface area contributed by atoms with Gasteiger partial charge < -0.3 is 14.3 Å². The predicted octanol–water partition coefficient (Wildman–Crippen LogP) is 1.36. The van der Waals surface area contributed by atoms with E-state index in [1.54, 1.807) is 7.11 Å². The second-order valence-electron chi connectivity index (χ2n) is 3.25. The zero-order valence-corrected chi connectivity index (χ0v) is 7.49. The molecule has 0 heterocycles. The third-order valence-corrected chi connectivity index (χ3v) is 2.33. The fraction of sp³-hybridized carbons (Fsp3) is 0.889. The second-order valence-corrected chi connectivity index (χ2v) is 3.25. The number of ether oxygens (including phenoxy) is 2. The first-order valence-electron chi connectivity index (χ1n) is 4.42. The number of carbonyl (C=O) groups excluding carboxylic acids is 1. The van der Waals surface area contributed by atoms with Gasteiger partial charge in [-0.05, 0) is 25.7 Å². The summed E-state index contributed by atoms with van der Waals surface area (Å²) in [6.07, 6.45) is 5.29. The number of carbonyl (C=O) groups is 1. The van der Waals surface area contributed by atoms with Crippen LogP contribution in [0.1, 0.15) is 25.7 Å². The lowest BCUT2D eigenvalue weighted by molar-refractivity contribution is -0.115. The number of hydrogen-bond donors (Lipinski definition) is 0. The third kappa shape index (κ3) is 2.91. The molecule has 0 aromatic rings. The molecule has 0 amide bonds. The first kappa shape index (κ1) is 9.68. The van der Waals surface area contributed by atoms with Gasteiger partial charge in [-0.2, -0.15) is 0 Å². The number of rotatable bonds is 4. The highest BCUT2D eigenvalue weighted by atomic mass is 16.7. The first-order chi connectivity index (χ1) is 5.86. The van der Waals surface area contributed by atoms with Gasteiger partial charge in [0.15, 0.2) is 0 Å². The Morgan fingerprint density at radius 1 is 1.33 bits per heavy atom. The molecule has 1 rings (SSSR count). The van der Waals surface area contributed by atoms with Crippen LogP contribution in [0.5, 0.6) is 0 Å². The number of hydrogen-bond acceptors (Lipinski definition) is 3. The van der Waals surface area contributed by atoms with Crippen molar-refractivity contribution in [3.8, 4) is 0 Å². The summed E-state index contributed by atoms with van der Waals surface area (Å²) in [7, 11) is 1.62. The Labute approximate surface area is 73.0 Å². The molecule has 70 valence electrons. The van der Waals surface area contributed by atoms with Gasteiger partial charge in [-0.3, -0.25) is 0 Å². The molecule has 1 fully saturated rings. The van der Waals surface area contributed by atoms with E-state index < -0.39 is 0 Å². The van der Waals surface area contributed by atoms with Crippen LogP contribution in [0.4, 0.5) is 0 Å². The molecule has 0 unspecified atom stereocenters. The second kappa shape index (κ2) is 5.27. The van der Waals surface area contributed by atoms with Gasteiger partial charge >= 0.3 is 0 Å². The molecule has 0 radical (unpaired) electrons. The zero-order valence-electron chi connectivity index (χ0n) is 7.49. The van der Waals surface area contributed by atoms with E-state index in [-0.39, 0.29) is 5.92 Å². The molecule has 3 nitrogen and oxygen atoms in total. The molecule has 0 bridgehead atoms. The molecule has 3 heteroatoms. The molecule has 0 saturated heterocycles. The van der Waals surface area contributed by atoms with Gasteiger partial charge in [0, 0.05) is 13.0 Å². The maximum atomic E-state index is 10.4. The average Bonchev–Trinajstić information content (AvgIpc) is 2.15. The maximum Gasteiger partial charge on any atom is 0.146 e. The number of aldehydes is 1. The van der Waals surface area contributed by atoms with Crippen molar-refractivity contribution in [1.29, 1.82) is 0 Å². The zero-order chi connectivity index (χ0) is 8.81. The molecule has 0 atom stereocenters. The first-order valence-corrected chi connectivity index (χ1v) is 4.42. The van der Waals surface area contributed by atoms with E-state index in [0.717, 1.165) is 32.0 Å². The Hall–Kier alpha value is -0.410. The average molecular weight is 172 g/mol. The highest BCUT2D eigenvalue weighted by Crippen LogP contribution is 2.24. The Balaban J connectivity index is 2.12. The lowest BCUT2D eigenvalue weighted by atomic mass is 9.88. The summed E-state index contributed by atoms with van der Waals surface area (Å²) >= 11 is 0. The van der Waals surface area contributed by atoms with Crippen molar-refractivity contribution in [2.75, 3.05) is 13.9 Å². The summed E-state index contributed by atoms with van der Waals surface area (Å²) in [4.78, 5) is 10.4. The molecular formula is C9H16O3. The van der Waals surface area contributed by atoms with Crippen LogP contribution in [0, 0.1) is 5.92 Å². The molecule has 1 aliphatic carbocycles. The largest absolute Gasteiger partial charge is 0.359 e. The smallest absolute Gasteiger partial charge is 0.146 e. The molecule has 0 aliphatic heterocycles. The van der Waals surface area contributed by atoms with E-state index in [4.69, 9.17) is 9.47 Å². The van der Waals surface area contributed by atoms with Crippen molar-refractivity contribution in [1.82, 2.24) is 0 Å². The van der Waals surface area contributed by atoms with E-state index in [1.165, 1.54) is 0 Å². The fourth-order valence-electron chi connectivity index (χ4n) is 1.56. The molecule has 12 heavy (non-hydrogen) atoms. The van der Waals surface area contributed by atoms with Crippen LogP contribution in [0.15, 0.2) is 0 Å². The Kier molecular flexibility index (Phi) is 4.25. The SMILES string of the molecule is COCOC1CCC(C=O)CC1. The van der Waals surface area contributed by atoms with Crippen LogP contribution in [-0.2, 0) is 14.3 Å². The van der Waals surface area contributed by atoms with Crippen molar-refractivity contribution < 1.29 is 14.3 Å². The molecule has 0 spiro atoms. The van der Waals surface area contributed by atoms with Gasteiger partial charge in [0.05, 0.1) is 6.10 Å². The summed E-state index contributed by atoms with van der Waals surface area (Å²) in [5, 5.41) is 0. The maximum absolute atomic E-state index is 10.4. The molecule has 0 N–H and O–H groups in total. The van der Waals surface area contributed by atoms with E-state index in [9.17, 15) is 4.79 Å². The van der Waals surface area contributed by atoms with Gasteiger partial charge in [0.25, 0.3) is 0 Å². The van der Waals surface area contributed by atoms with Gasteiger partial charge in [0.2, 0.25) is 0 Å². The van der Waals surface area contributed by atoms with Crippen LogP contribution in [-0.4, -0.2) is 26.3 Å². The summed E-state index contributed by atoms with van der Waals surface area (Å²) < 4.78 is 10.2. The van der Waals surface area contributed by atoms with E-state index in [1.807, 2.05) is 0 Å². The van der Waals surface area contributed by atoms with Crippen LogP contribution in [0.2, 0.25) is 0 Å². The van der Waals surface area contributed by atoms with Crippen LogP contribution < -0.4 is 0 Å². The fourth-order valence-corrected chi connectivity index (χ4v) is 1.56. The van der Waals surface area contributed by atoms with Crippen molar-refractivity contribution in [3.63, 3.8) is 0 Å². The minimum Gasteiger partial charge on any atom is -0.359 e.